The molecule has 1 saturated heterocycles. The van der Waals surface area contributed by atoms with Gasteiger partial charge in [0.25, 0.3) is 5.91 Å². The number of carbonyl (C=O) groups excluding carboxylic acids is 1. The molecule has 4 atom stereocenters. The second kappa shape index (κ2) is 12.7. The van der Waals surface area contributed by atoms with E-state index in [0.29, 0.717) is 29.4 Å². The van der Waals surface area contributed by atoms with Crippen LogP contribution in [0, 0.1) is 11.7 Å². The summed E-state index contributed by atoms with van der Waals surface area (Å²) in [5.41, 5.74) is 2.40. The van der Waals surface area contributed by atoms with Gasteiger partial charge in [-0.1, -0.05) is 59.6 Å². The van der Waals surface area contributed by atoms with Crippen LogP contribution in [0.5, 0.6) is 0 Å². The van der Waals surface area contributed by atoms with Gasteiger partial charge in [0.05, 0.1) is 42.3 Å². The number of amides is 1. The molecule has 240 valence electrons. The molecule has 0 unspecified atom stereocenters. The number of azo groups is 1. The Balaban J connectivity index is 1.37. The number of anilines is 1. The van der Waals surface area contributed by atoms with Crippen molar-refractivity contribution in [1.82, 2.24) is 4.90 Å². The molecule has 3 fully saturated rings. The van der Waals surface area contributed by atoms with E-state index >= 15 is 4.39 Å². The molecule has 46 heavy (non-hydrogen) atoms. The van der Waals surface area contributed by atoms with Gasteiger partial charge in [-0.15, -0.1) is 0 Å². The van der Waals surface area contributed by atoms with Crippen LogP contribution < -0.4 is 4.31 Å². The molecule has 0 radical (unpaired) electrons. The average molecular weight is 684 g/mol. The van der Waals surface area contributed by atoms with Gasteiger partial charge in [0.2, 0.25) is 10.0 Å². The molecular weight excluding hydrogens is 650 g/mol. The van der Waals surface area contributed by atoms with Crippen molar-refractivity contribution in [1.29, 1.82) is 0 Å². The third kappa shape index (κ3) is 6.32. The first-order valence-corrected chi connectivity index (χ1v) is 17.8. The van der Waals surface area contributed by atoms with Gasteiger partial charge in [0.15, 0.2) is 0 Å². The van der Waals surface area contributed by atoms with Crippen LogP contribution in [0.1, 0.15) is 55.4 Å². The van der Waals surface area contributed by atoms with Gasteiger partial charge in [0, 0.05) is 16.5 Å². The number of hydrogen-bond acceptors (Lipinski definition) is 6. The summed E-state index contributed by atoms with van der Waals surface area (Å²) in [5.74, 6) is -0.878. The van der Waals surface area contributed by atoms with Crippen molar-refractivity contribution >= 4 is 44.8 Å². The van der Waals surface area contributed by atoms with E-state index in [1.807, 2.05) is 35.2 Å². The van der Waals surface area contributed by atoms with Gasteiger partial charge >= 0.3 is 0 Å². The van der Waals surface area contributed by atoms with Crippen molar-refractivity contribution < 1.29 is 22.3 Å². The SMILES string of the molecule is O=C1[C@@H](CC2=CN=NC2)O[C@H](c2cccc(Cl)c2)[C@@H](c2ccc(Cl)cc2)N1[C@H](CN(c1ccccc1F)S(=O)(=O)C1CC1)C1CC1. The highest BCUT2D eigenvalue weighted by Gasteiger charge is 2.52. The second-order valence-electron chi connectivity index (χ2n) is 12.4. The van der Waals surface area contributed by atoms with Gasteiger partial charge < -0.3 is 9.64 Å². The van der Waals surface area contributed by atoms with Gasteiger partial charge in [0.1, 0.15) is 18.0 Å². The van der Waals surface area contributed by atoms with Crippen LogP contribution in [0.15, 0.2) is 94.8 Å². The second-order valence-corrected chi connectivity index (χ2v) is 15.4. The Morgan fingerprint density at radius 1 is 0.957 bits per heavy atom. The molecule has 1 amide bonds. The maximum atomic E-state index is 15.4. The number of benzene rings is 3. The minimum Gasteiger partial charge on any atom is -0.358 e. The highest BCUT2D eigenvalue weighted by atomic mass is 35.5. The molecule has 0 bridgehead atoms. The first-order chi connectivity index (χ1) is 22.2. The lowest BCUT2D eigenvalue weighted by molar-refractivity contribution is -0.179. The number of ether oxygens (including phenoxy) is 1. The normalized spacial score (nSPS) is 23.8. The highest BCUT2D eigenvalue weighted by Crippen LogP contribution is 2.49. The Kier molecular flexibility index (Phi) is 8.65. The van der Waals surface area contributed by atoms with E-state index in [-0.39, 0.29) is 30.5 Å². The minimum absolute atomic E-state index is 0.00826. The van der Waals surface area contributed by atoms with Crippen molar-refractivity contribution in [3.63, 3.8) is 0 Å². The van der Waals surface area contributed by atoms with E-state index < -0.39 is 45.4 Å². The summed E-state index contributed by atoms with van der Waals surface area (Å²) < 4.78 is 51.2. The lowest BCUT2D eigenvalue weighted by Gasteiger charge is -2.49. The molecule has 2 saturated carbocycles. The number of rotatable bonds is 11. The van der Waals surface area contributed by atoms with E-state index in [9.17, 15) is 13.2 Å². The van der Waals surface area contributed by atoms with Crippen LogP contribution in [0.4, 0.5) is 10.1 Å². The largest absolute Gasteiger partial charge is 0.358 e. The van der Waals surface area contributed by atoms with E-state index in [1.54, 1.807) is 30.5 Å². The third-order valence-corrected chi connectivity index (χ3v) is 11.9. The predicted octanol–water partition coefficient (Wildman–Crippen LogP) is 7.66. The summed E-state index contributed by atoms with van der Waals surface area (Å²) in [6.07, 6.45) is 3.07. The number of nitrogens with zero attached hydrogens (tertiary/aromatic N) is 4. The van der Waals surface area contributed by atoms with Crippen LogP contribution in [0.3, 0.4) is 0 Å². The molecule has 4 aliphatic rings. The zero-order valence-electron chi connectivity index (χ0n) is 24.9. The highest BCUT2D eigenvalue weighted by molar-refractivity contribution is 7.93. The molecule has 2 heterocycles. The van der Waals surface area contributed by atoms with E-state index in [1.165, 1.54) is 22.5 Å². The van der Waals surface area contributed by atoms with Crippen LogP contribution in [0.2, 0.25) is 10.0 Å². The number of halogens is 3. The lowest BCUT2D eigenvalue weighted by Crippen LogP contribution is -2.58. The predicted molar refractivity (Wildman–Crippen MR) is 175 cm³/mol. The zero-order valence-corrected chi connectivity index (χ0v) is 27.2. The van der Waals surface area contributed by atoms with E-state index in [0.717, 1.165) is 29.5 Å². The molecule has 3 aromatic carbocycles. The van der Waals surface area contributed by atoms with Gasteiger partial charge in [-0.25, -0.2) is 12.8 Å². The summed E-state index contributed by atoms with van der Waals surface area (Å²) >= 11 is 12.8. The number of carbonyl (C=O) groups is 1. The number of sulfonamides is 1. The van der Waals surface area contributed by atoms with Gasteiger partial charge in [-0.05, 0) is 84.7 Å². The molecule has 0 N–H and O–H groups in total. The Morgan fingerprint density at radius 3 is 2.37 bits per heavy atom. The molecule has 2 aliphatic carbocycles. The Labute approximate surface area is 277 Å². The standard InChI is InChI=1S/C34H33Cl2FN4O4S/c35-25-12-10-23(11-13-25)32-33(24-4-3-5-26(36)17-24)45-31(16-21-18-38-39-19-21)34(42)41(32)30(22-8-9-22)20-40(46(43,44)27-14-15-27)29-7-2-1-6-28(29)37/h1-7,10-13,17-18,22,27,30-33H,8-9,14-16,19-20H2/t30-,31-,32-,33-/m1/s1. The summed E-state index contributed by atoms with van der Waals surface area (Å²) in [4.78, 5) is 16.6. The molecule has 0 aromatic heterocycles. The molecular formula is C34H33Cl2FN4O4S. The van der Waals surface area contributed by atoms with Crippen LogP contribution >= 0.6 is 23.2 Å². The fourth-order valence-electron chi connectivity index (χ4n) is 6.51. The van der Waals surface area contributed by atoms with E-state index in [2.05, 4.69) is 10.2 Å². The van der Waals surface area contributed by atoms with Crippen molar-refractivity contribution in [2.45, 2.75) is 61.6 Å². The van der Waals surface area contributed by atoms with Crippen LogP contribution in [-0.2, 0) is 19.6 Å². The van der Waals surface area contributed by atoms with Crippen molar-refractivity contribution in [2.75, 3.05) is 17.4 Å². The van der Waals surface area contributed by atoms with Gasteiger partial charge in [-0.2, -0.15) is 10.2 Å². The smallest absolute Gasteiger partial charge is 0.253 e. The fraction of sp³-hybridized carbons (Fsp3) is 0.382. The van der Waals surface area contributed by atoms with Crippen molar-refractivity contribution in [3.05, 3.63) is 112 Å². The first-order valence-electron chi connectivity index (χ1n) is 15.5. The monoisotopic (exact) mass is 682 g/mol. The molecule has 2 aliphatic heterocycles. The Morgan fingerprint density at radius 2 is 1.72 bits per heavy atom. The van der Waals surface area contributed by atoms with Crippen LogP contribution in [0.25, 0.3) is 0 Å². The Bertz CT molecular complexity index is 1800. The molecule has 12 heteroatoms. The number of hydrogen-bond donors (Lipinski definition) is 0. The van der Waals surface area contributed by atoms with E-state index in [4.69, 9.17) is 27.9 Å². The Hall–Kier alpha value is -3.31. The summed E-state index contributed by atoms with van der Waals surface area (Å²) in [6.45, 7) is 0.297. The number of para-hydroxylation sites is 1. The number of morpholine rings is 1. The van der Waals surface area contributed by atoms with Crippen molar-refractivity contribution in [3.8, 4) is 0 Å². The third-order valence-electron chi connectivity index (χ3n) is 9.11. The van der Waals surface area contributed by atoms with Gasteiger partial charge in [-0.3, -0.25) is 9.10 Å². The lowest BCUT2D eigenvalue weighted by atomic mass is 9.88. The van der Waals surface area contributed by atoms with Crippen molar-refractivity contribution in [2.24, 2.45) is 16.1 Å². The average Bonchev–Trinajstić information content (AvgIpc) is 3.98. The molecule has 3 aromatic rings. The fourth-order valence-corrected chi connectivity index (χ4v) is 8.71. The molecule has 8 nitrogen and oxygen atoms in total. The topological polar surface area (TPSA) is 91.6 Å². The maximum absolute atomic E-state index is 15.4. The zero-order chi connectivity index (χ0) is 32.0. The molecule has 7 rings (SSSR count). The van der Waals surface area contributed by atoms with Crippen LogP contribution in [-0.4, -0.2) is 49.7 Å². The summed E-state index contributed by atoms with van der Waals surface area (Å²) in [6, 6.07) is 19.3. The summed E-state index contributed by atoms with van der Waals surface area (Å²) in [7, 11) is -3.90. The quantitative estimate of drug-likeness (QED) is 0.208. The molecule has 0 spiro atoms. The first kappa shape index (κ1) is 31.3. The summed E-state index contributed by atoms with van der Waals surface area (Å²) in [5, 5.41) is 8.52. The maximum Gasteiger partial charge on any atom is 0.253 e. The minimum atomic E-state index is -3.90.